The summed E-state index contributed by atoms with van der Waals surface area (Å²) in [6.45, 7) is 18.7. The van der Waals surface area contributed by atoms with Gasteiger partial charge in [-0.25, -0.2) is 5.84 Å². The first-order chi connectivity index (χ1) is 32.6. The maximum absolute atomic E-state index is 14.8. The largest absolute Gasteiger partial charge is 0.507 e. The number of benzene rings is 2. The Kier molecular flexibility index (Phi) is 14.9. The average molecular weight is 949 g/mol. The molecule has 0 radical (unpaired) electrons. The lowest BCUT2D eigenvalue weighted by Gasteiger charge is -2.36. The van der Waals surface area contributed by atoms with Crippen molar-refractivity contribution in [2.75, 3.05) is 31.5 Å². The van der Waals surface area contributed by atoms with E-state index in [1.807, 2.05) is 33.8 Å². The van der Waals surface area contributed by atoms with Gasteiger partial charge in [0.25, 0.3) is 11.7 Å². The smallest absolute Gasteiger partial charge is 0.327 e. The van der Waals surface area contributed by atoms with E-state index in [0.29, 0.717) is 56.0 Å². The lowest BCUT2D eigenvalue weighted by atomic mass is 9.80. The number of nitrogens with one attached hydrogen (secondary N) is 1. The van der Waals surface area contributed by atoms with E-state index in [4.69, 9.17) is 35.8 Å². The molecule has 1 amide bonds. The van der Waals surface area contributed by atoms with E-state index >= 15 is 0 Å². The molecular weight excluding hydrogens is 881 g/mol. The summed E-state index contributed by atoms with van der Waals surface area (Å²) in [5, 5.41) is 40.4. The Hall–Kier alpha value is -6.30. The third kappa shape index (κ3) is 10.5. The number of nitrogens with two attached hydrogens (primary N) is 2. The number of rotatable bonds is 7. The third-order valence-electron chi connectivity index (χ3n) is 13.8. The molecule has 8 N–H and O–H groups in total. The fourth-order valence-corrected chi connectivity index (χ4v) is 9.96. The number of allylic oxidation sites excluding steroid dienone is 4. The second-order valence-corrected chi connectivity index (χ2v) is 20.0. The average Bonchev–Trinajstić information content (AvgIpc) is 3.80. The third-order valence-corrected chi connectivity index (χ3v) is 13.8. The molecule has 17 heteroatoms. The van der Waals surface area contributed by atoms with Crippen molar-refractivity contribution in [2.45, 2.75) is 112 Å². The van der Waals surface area contributed by atoms with E-state index < -0.39 is 53.0 Å². The van der Waals surface area contributed by atoms with Crippen LogP contribution in [0.2, 0.25) is 0 Å². The number of aliphatic hydroxyl groups excluding tert-OH is 1. The van der Waals surface area contributed by atoms with Gasteiger partial charge in [-0.2, -0.15) is 0 Å². The number of Topliss-reactive ketones (excluding diaryl/α,β-unsaturated/α-hetero) is 1. The van der Waals surface area contributed by atoms with Crippen molar-refractivity contribution in [1.82, 2.24) is 14.9 Å². The number of pyridine rings is 1. The van der Waals surface area contributed by atoms with Gasteiger partial charge in [-0.15, -0.1) is 0 Å². The number of anilines is 1. The van der Waals surface area contributed by atoms with Gasteiger partial charge >= 0.3 is 11.8 Å². The van der Waals surface area contributed by atoms with Crippen LogP contribution >= 0.6 is 0 Å². The Morgan fingerprint density at radius 2 is 1.77 bits per heavy atom. The zero-order chi connectivity index (χ0) is 50.1. The summed E-state index contributed by atoms with van der Waals surface area (Å²) in [6, 6.07) is 5.26. The van der Waals surface area contributed by atoms with Crippen molar-refractivity contribution in [3.05, 3.63) is 94.3 Å². The zero-order valence-electron chi connectivity index (χ0n) is 41.2. The standard InChI is InChI=1S/C52H68N8O9/c1-28(2)25-59-21-18-52(19-22-59)57-41-38-39-45(63)34(8)48-40(38)49(65)51(9,69-48)67-23-13-16-30(4)47(68-37(61)27-60(54)26-35(53)36-17-10-11-20-55-36)33(7)44(62)32(6)24-29(3)14-12-15-31(5)50(66)56-43(46(39)64)42(41)58-52/h10-15,17,20,23,26,28-30,32-33,44,47,62-64H,16,18-19,21-22,24-25,27,53-54H2,1-9H3,(H,56,66)/b14-12+,23-13+,31-15-,35-26-/t29-,30+,32+,33+,44+,47+,51?/m0/s1. The summed E-state index contributed by atoms with van der Waals surface area (Å²) in [5.74, 6) is 1.04. The van der Waals surface area contributed by atoms with Crippen LogP contribution in [0.3, 0.4) is 0 Å². The number of ketones is 1. The summed E-state index contributed by atoms with van der Waals surface area (Å²) in [5.41, 5.74) is 6.52. The predicted molar refractivity (Wildman–Crippen MR) is 262 cm³/mol. The van der Waals surface area contributed by atoms with Crippen LogP contribution in [0.15, 0.2) is 76.7 Å². The van der Waals surface area contributed by atoms with Crippen LogP contribution in [0.25, 0.3) is 16.5 Å². The quantitative estimate of drug-likeness (QED) is 0.0724. The van der Waals surface area contributed by atoms with Crippen molar-refractivity contribution in [1.29, 1.82) is 0 Å². The van der Waals surface area contributed by atoms with Gasteiger partial charge in [0.2, 0.25) is 0 Å². The number of carbonyl (C=O) groups is 3. The summed E-state index contributed by atoms with van der Waals surface area (Å²) in [4.78, 5) is 59.3. The minimum absolute atomic E-state index is 0.0206. The number of esters is 1. The Bertz CT molecular complexity index is 2730. The lowest BCUT2D eigenvalue weighted by Crippen LogP contribution is -2.43. The van der Waals surface area contributed by atoms with Gasteiger partial charge in [0.1, 0.15) is 35.2 Å². The number of phenolic OH excluding ortho intramolecular Hbond substituents is 2. The molecule has 370 valence electrons. The maximum Gasteiger partial charge on any atom is 0.327 e. The van der Waals surface area contributed by atoms with Crippen molar-refractivity contribution in [3.63, 3.8) is 0 Å². The highest BCUT2D eigenvalue weighted by Gasteiger charge is 2.50. The molecule has 6 heterocycles. The summed E-state index contributed by atoms with van der Waals surface area (Å²) in [7, 11) is 0. The number of carbonyl (C=O) groups excluding carboxylic acids is 3. The monoisotopic (exact) mass is 949 g/mol. The van der Waals surface area contributed by atoms with Crippen LogP contribution in [0.5, 0.6) is 17.2 Å². The number of aliphatic hydroxyl groups is 1. The Morgan fingerprint density at radius 1 is 1.06 bits per heavy atom. The molecule has 1 spiro atoms. The highest BCUT2D eigenvalue weighted by atomic mass is 16.7. The van der Waals surface area contributed by atoms with Crippen LogP contribution in [0, 0.1) is 36.5 Å². The molecule has 1 saturated heterocycles. The first kappa shape index (κ1) is 50.6. The molecule has 0 saturated carbocycles. The fourth-order valence-electron chi connectivity index (χ4n) is 9.96. The number of phenols is 2. The number of hydrogen-bond donors (Lipinski definition) is 6. The molecule has 1 aromatic heterocycles. The minimum atomic E-state index is -1.92. The molecule has 3 aromatic rings. The van der Waals surface area contributed by atoms with Crippen molar-refractivity contribution >= 4 is 39.8 Å². The SMILES string of the molecule is C/C1=C/C=C/[C@H](C)C[C@@H](C)[C@@H](O)[C@@H](C)[C@H](OC(=O)CN(N)/C=C(\N)c2ccccn2)[C@H](C)C/C=C/OC2(C)Oc3c(C)c(O)c4c(O)c(c5c(c4c3C2=O)=NC2(CCN(CC(C)C)CC2)N=5)NC1=O. The number of aromatic hydroxyl groups is 2. The Labute approximate surface area is 403 Å². The number of likely N-dealkylation sites (tertiary alicyclic amines) is 1. The molecule has 5 bridgehead atoms. The van der Waals surface area contributed by atoms with Gasteiger partial charge in [-0.05, 0) is 68.6 Å². The second kappa shape index (κ2) is 20.3. The molecule has 1 fully saturated rings. The van der Waals surface area contributed by atoms with Crippen LogP contribution in [0.1, 0.15) is 103 Å². The number of hydrazine groups is 1. The number of ether oxygens (including phenoxy) is 3. The van der Waals surface area contributed by atoms with E-state index in [1.165, 1.54) is 19.4 Å². The van der Waals surface area contributed by atoms with Crippen molar-refractivity contribution in [3.8, 4) is 17.2 Å². The number of aromatic nitrogens is 1. The molecular formula is C52H68N8O9. The highest BCUT2D eigenvalue weighted by molar-refractivity contribution is 6.19. The highest BCUT2D eigenvalue weighted by Crippen LogP contribution is 2.50. The van der Waals surface area contributed by atoms with Crippen LogP contribution in [-0.2, 0) is 19.1 Å². The molecule has 69 heavy (non-hydrogen) atoms. The van der Waals surface area contributed by atoms with E-state index in [9.17, 15) is 29.7 Å². The predicted octanol–water partition coefficient (Wildman–Crippen LogP) is 5.66. The first-order valence-corrected chi connectivity index (χ1v) is 23.9. The second-order valence-electron chi connectivity index (χ2n) is 20.0. The van der Waals surface area contributed by atoms with Gasteiger partial charge in [0.05, 0.1) is 40.1 Å². The van der Waals surface area contributed by atoms with Gasteiger partial charge in [-0.1, -0.05) is 65.8 Å². The Balaban J connectivity index is 1.26. The number of piperidine rings is 1. The fraction of sp³-hybridized carbons (Fsp3) is 0.500. The van der Waals surface area contributed by atoms with E-state index in [0.717, 1.165) is 11.6 Å². The number of amides is 1. The maximum atomic E-state index is 14.8. The molecule has 8 rings (SSSR count). The van der Waals surface area contributed by atoms with Gasteiger partial charge in [-0.3, -0.25) is 29.4 Å². The molecule has 5 aliphatic heterocycles. The minimum Gasteiger partial charge on any atom is -0.507 e. The number of fused-ring (bicyclic) bond motifs is 13. The summed E-state index contributed by atoms with van der Waals surface area (Å²) in [6.07, 6.45) is 11.7. The Morgan fingerprint density at radius 3 is 2.45 bits per heavy atom. The van der Waals surface area contributed by atoms with Crippen molar-refractivity contribution in [2.24, 2.45) is 51.2 Å². The normalized spacial score (nSPS) is 28.2. The molecule has 0 aliphatic carbocycles. The molecule has 5 aliphatic rings. The van der Waals surface area contributed by atoms with E-state index in [2.05, 4.69) is 29.0 Å². The number of hydrogen-bond acceptors (Lipinski definition) is 16. The molecule has 17 nitrogen and oxygen atoms in total. The van der Waals surface area contributed by atoms with Gasteiger partial charge < -0.3 is 50.5 Å². The first-order valence-electron chi connectivity index (χ1n) is 23.9. The van der Waals surface area contributed by atoms with Crippen LogP contribution in [-0.4, -0.2) is 97.7 Å². The molecule has 2 aromatic carbocycles. The summed E-state index contributed by atoms with van der Waals surface area (Å²) < 4.78 is 18.6. The van der Waals surface area contributed by atoms with Gasteiger partial charge in [0, 0.05) is 74.2 Å². The van der Waals surface area contributed by atoms with E-state index in [1.54, 1.807) is 56.5 Å². The topological polar surface area (TPSA) is 248 Å². The lowest BCUT2D eigenvalue weighted by molar-refractivity contribution is -0.159. The van der Waals surface area contributed by atoms with E-state index in [-0.39, 0.29) is 79.8 Å². The van der Waals surface area contributed by atoms with Crippen molar-refractivity contribution < 1.29 is 43.9 Å². The number of nitrogens with zero attached hydrogens (tertiary/aromatic N) is 5. The zero-order valence-corrected chi connectivity index (χ0v) is 41.2. The molecule has 1 unspecified atom stereocenters. The van der Waals surface area contributed by atoms with Crippen LogP contribution < -0.4 is 32.3 Å². The molecule has 7 atom stereocenters. The summed E-state index contributed by atoms with van der Waals surface area (Å²) >= 11 is 0. The van der Waals surface area contributed by atoms with Gasteiger partial charge in [0.15, 0.2) is 11.4 Å². The van der Waals surface area contributed by atoms with Crippen LogP contribution in [0.4, 0.5) is 5.69 Å².